The number of esters is 1. The maximum atomic E-state index is 15.4. The number of unbranched alkanes of at least 4 members (excludes halogenated alkanes) is 5. The molecule has 24 heteroatoms. The molecule has 0 N–H and O–H groups in total. The molecule has 0 atom stereocenters. The van der Waals surface area contributed by atoms with E-state index in [-0.39, 0.29) is 5.97 Å². The summed E-state index contributed by atoms with van der Waals surface area (Å²) in [6.45, 7) is 3.53. The summed E-state index contributed by atoms with van der Waals surface area (Å²) in [5.74, 6) is -71.6. The number of benzene rings is 5. The summed E-state index contributed by atoms with van der Waals surface area (Å²) in [4.78, 5) is 12.0. The molecule has 6 rings (SSSR count). The smallest absolute Gasteiger partial charge is 0.338 e. The van der Waals surface area contributed by atoms with Crippen LogP contribution in [0.2, 0.25) is 0 Å². The lowest BCUT2D eigenvalue weighted by molar-refractivity contribution is -0.688. The summed E-state index contributed by atoms with van der Waals surface area (Å²) >= 11 is 0. The van der Waals surface area contributed by atoms with Crippen molar-refractivity contribution in [1.29, 1.82) is 0 Å². The Morgan fingerprint density at radius 2 is 0.696 bits per heavy atom. The lowest BCUT2D eigenvalue weighted by atomic mass is 9.12. The van der Waals surface area contributed by atoms with Gasteiger partial charge < -0.3 is 4.74 Å². The number of carbonyl (C=O) groups is 1. The highest BCUT2D eigenvalue weighted by molar-refractivity contribution is 7.20. The number of hydrogen-bond donors (Lipinski definition) is 0. The monoisotopic (exact) mass is 1010 g/mol. The molecule has 0 aliphatic carbocycles. The van der Waals surface area contributed by atoms with E-state index in [1.54, 1.807) is 0 Å². The van der Waals surface area contributed by atoms with Crippen LogP contribution >= 0.6 is 0 Å². The van der Waals surface area contributed by atoms with Crippen LogP contribution in [0.5, 0.6) is 0 Å². The highest BCUT2D eigenvalue weighted by atomic mass is 19.2. The first-order chi connectivity index (χ1) is 32.5. The molecule has 0 fully saturated rings. The van der Waals surface area contributed by atoms with Gasteiger partial charge in [-0.15, -0.1) is 21.9 Å². The molecule has 0 radical (unpaired) electrons. The Bertz CT molecular complexity index is 2520. The van der Waals surface area contributed by atoms with Gasteiger partial charge in [-0.1, -0.05) is 69.4 Å². The van der Waals surface area contributed by atoms with Crippen molar-refractivity contribution < 1.29 is 102 Å². The van der Waals surface area contributed by atoms with E-state index in [0.717, 1.165) is 19.4 Å². The molecule has 368 valence electrons. The first-order valence-corrected chi connectivity index (χ1v) is 19.9. The third-order valence-corrected chi connectivity index (χ3v) is 10.8. The second-order valence-corrected chi connectivity index (χ2v) is 14.9. The number of nitrogens with zero attached hydrogens (tertiary/aromatic N) is 1. The van der Waals surface area contributed by atoms with Crippen molar-refractivity contribution in [3.8, 4) is 0 Å². The van der Waals surface area contributed by atoms with E-state index in [2.05, 4.69) is 23.6 Å². The SMILES string of the molecule is CCCCCCCCOC(=O)c1cc[n+](Cc2ccccc2)cc1.Fc1c(F)c(F)c([B-](c2c(F)c(F)c(F)c(F)c2F)(c2c(F)c(F)c(F)c(F)c2F)c2c(F)c(F)c(F)c(F)c2F)c(F)c1F. The summed E-state index contributed by atoms with van der Waals surface area (Å²) in [7, 11) is 0. The first-order valence-electron chi connectivity index (χ1n) is 19.9. The van der Waals surface area contributed by atoms with Gasteiger partial charge >= 0.3 is 5.97 Å². The average molecular weight is 1010 g/mol. The van der Waals surface area contributed by atoms with Crippen LogP contribution in [0.3, 0.4) is 0 Å². The molecule has 6 aromatic rings. The molecule has 0 bridgehead atoms. The fraction of sp³-hybridized carbons (Fsp3) is 0.200. The van der Waals surface area contributed by atoms with Crippen molar-refractivity contribution in [1.82, 2.24) is 0 Å². The molecule has 0 spiro atoms. The molecule has 0 saturated carbocycles. The molecule has 5 aromatic carbocycles. The zero-order valence-corrected chi connectivity index (χ0v) is 34.8. The third kappa shape index (κ3) is 9.83. The van der Waals surface area contributed by atoms with Gasteiger partial charge in [-0.25, -0.2) is 97.2 Å². The summed E-state index contributed by atoms with van der Waals surface area (Å²) < 4.78 is 301. The van der Waals surface area contributed by atoms with Gasteiger partial charge in [-0.05, 0) is 6.42 Å². The van der Waals surface area contributed by atoms with Crippen LogP contribution < -0.4 is 26.4 Å². The molecule has 0 aliphatic rings. The molecule has 1 heterocycles. The Balaban J connectivity index is 0.000000311. The number of hydrogen-bond acceptors (Lipinski definition) is 2. The average Bonchev–Trinajstić information content (AvgIpc) is 3.34. The second-order valence-electron chi connectivity index (χ2n) is 14.9. The van der Waals surface area contributed by atoms with Crippen molar-refractivity contribution in [2.75, 3.05) is 6.61 Å². The number of ether oxygens (including phenoxy) is 1. The highest BCUT2D eigenvalue weighted by Gasteiger charge is 2.52. The number of pyridine rings is 1. The summed E-state index contributed by atoms with van der Waals surface area (Å²) in [6.07, 6.45) is 3.80. The molecular formula is C45H28BF20NO2. The van der Waals surface area contributed by atoms with Gasteiger partial charge in [0.2, 0.25) is 0 Å². The molecule has 0 amide bonds. The normalized spacial score (nSPS) is 11.5. The van der Waals surface area contributed by atoms with Gasteiger partial charge in [0.05, 0.1) is 12.2 Å². The van der Waals surface area contributed by atoms with Crippen molar-refractivity contribution in [2.45, 2.75) is 52.0 Å². The standard InChI is InChI=1S/C24BF20.C21H28NO2/c26-5-1(6(27)14(35)21(42)13(5)34)25(2-7(28)15(36)22(43)16(37)8(2)29,3-9(30)17(38)23(44)18(39)10(3)31)4-11(32)19(40)24(45)20(41)12(4)33;1-2-3-4-5-6-10-17-24-21(23)20-13-15-22(16-14-20)18-19-11-8-7-9-12-19/h;7-9,11-16H,2-6,10,17-18H2,1H3/q-1;+1. The van der Waals surface area contributed by atoms with Crippen LogP contribution in [-0.4, -0.2) is 18.7 Å². The largest absolute Gasteiger partial charge is 0.462 e. The summed E-state index contributed by atoms with van der Waals surface area (Å²) in [6, 6.07) is 13.9. The molecular weight excluding hydrogens is 977 g/mol. The molecule has 1 aromatic heterocycles. The number of aromatic nitrogens is 1. The minimum absolute atomic E-state index is 0.226. The Labute approximate surface area is 376 Å². The minimum Gasteiger partial charge on any atom is -0.462 e. The third-order valence-electron chi connectivity index (χ3n) is 10.8. The van der Waals surface area contributed by atoms with E-state index in [9.17, 15) is 57.5 Å². The van der Waals surface area contributed by atoms with Gasteiger partial charge in [0.25, 0.3) is 0 Å². The quantitative estimate of drug-likeness (QED) is 0.0207. The molecule has 69 heavy (non-hydrogen) atoms. The van der Waals surface area contributed by atoms with Crippen LogP contribution in [-0.2, 0) is 11.3 Å². The molecule has 0 unspecified atom stereocenters. The van der Waals surface area contributed by atoms with Gasteiger partial charge in [0, 0.05) is 17.7 Å². The van der Waals surface area contributed by atoms with E-state index in [1.807, 2.05) is 42.7 Å². The summed E-state index contributed by atoms with van der Waals surface area (Å²) in [5.41, 5.74) is -12.5. The minimum atomic E-state index is -7.22. The van der Waals surface area contributed by atoms with Crippen LogP contribution in [0.15, 0.2) is 54.9 Å². The van der Waals surface area contributed by atoms with E-state index >= 15 is 35.1 Å². The maximum absolute atomic E-state index is 15.4. The van der Waals surface area contributed by atoms with Gasteiger partial charge in [-0.2, -0.15) is 0 Å². The summed E-state index contributed by atoms with van der Waals surface area (Å²) in [5, 5.41) is 0. The van der Waals surface area contributed by atoms with Crippen molar-refractivity contribution in [3.05, 3.63) is 182 Å². The number of halogens is 20. The van der Waals surface area contributed by atoms with Crippen LogP contribution in [0.25, 0.3) is 0 Å². The highest BCUT2D eigenvalue weighted by Crippen LogP contribution is 2.31. The van der Waals surface area contributed by atoms with Crippen molar-refractivity contribution >= 4 is 34.0 Å². The van der Waals surface area contributed by atoms with E-state index < -0.39 is 144 Å². The predicted octanol–water partition coefficient (Wildman–Crippen LogP) is 10.4. The fourth-order valence-corrected chi connectivity index (χ4v) is 7.50. The van der Waals surface area contributed by atoms with Crippen molar-refractivity contribution in [3.63, 3.8) is 0 Å². The van der Waals surface area contributed by atoms with E-state index in [1.165, 1.54) is 31.2 Å². The lowest BCUT2D eigenvalue weighted by Gasteiger charge is -2.44. The topological polar surface area (TPSA) is 30.2 Å². The van der Waals surface area contributed by atoms with Crippen LogP contribution in [0.1, 0.15) is 61.4 Å². The molecule has 0 aliphatic heterocycles. The Kier molecular flexibility index (Phi) is 16.8. The van der Waals surface area contributed by atoms with Gasteiger partial charge in [0.15, 0.2) is 88.7 Å². The van der Waals surface area contributed by atoms with Crippen LogP contribution in [0, 0.1) is 116 Å². The fourth-order valence-electron chi connectivity index (χ4n) is 7.50. The van der Waals surface area contributed by atoms with Gasteiger partial charge in [0.1, 0.15) is 52.7 Å². The molecule has 0 saturated heterocycles. The van der Waals surface area contributed by atoms with E-state index in [0.29, 0.717) is 12.2 Å². The Morgan fingerprint density at radius 3 is 1.01 bits per heavy atom. The maximum Gasteiger partial charge on any atom is 0.338 e. The number of rotatable bonds is 14. The number of carbonyl (C=O) groups excluding carboxylic acids is 1. The van der Waals surface area contributed by atoms with Crippen LogP contribution in [0.4, 0.5) is 87.8 Å². The zero-order chi connectivity index (χ0) is 51.4. The van der Waals surface area contributed by atoms with E-state index in [4.69, 9.17) is 4.74 Å². The first kappa shape index (κ1) is 53.3. The second kappa shape index (κ2) is 21.8. The lowest BCUT2D eigenvalue weighted by Crippen LogP contribution is -2.81. The molecule has 3 nitrogen and oxygen atoms in total. The zero-order valence-electron chi connectivity index (χ0n) is 34.8. The predicted molar refractivity (Wildman–Crippen MR) is 205 cm³/mol. The van der Waals surface area contributed by atoms with Crippen molar-refractivity contribution in [2.24, 2.45) is 0 Å². The van der Waals surface area contributed by atoms with Gasteiger partial charge in [-0.3, -0.25) is 0 Å². The Hall–Kier alpha value is -6.62. The Morgan fingerprint density at radius 1 is 0.406 bits per heavy atom.